The van der Waals surface area contributed by atoms with E-state index in [0.29, 0.717) is 0 Å². The van der Waals surface area contributed by atoms with Crippen LogP contribution >= 0.6 is 0 Å². The Morgan fingerprint density at radius 2 is 2.00 bits per heavy atom. The van der Waals surface area contributed by atoms with Crippen molar-refractivity contribution in [3.8, 4) is 0 Å². The van der Waals surface area contributed by atoms with Crippen molar-refractivity contribution in [2.75, 3.05) is 0 Å². The fourth-order valence-corrected chi connectivity index (χ4v) is 2.30. The van der Waals surface area contributed by atoms with Crippen LogP contribution < -0.4 is 0 Å². The molecule has 0 spiro atoms. The minimum absolute atomic E-state index is 0.835. The average molecular weight is 173 g/mol. The minimum Gasteiger partial charge on any atom is -0.0581 e. The highest BCUT2D eigenvalue weighted by atomic mass is 14.2. The van der Waals surface area contributed by atoms with Crippen molar-refractivity contribution in [1.29, 1.82) is 0 Å². The van der Waals surface area contributed by atoms with E-state index in [2.05, 4.69) is 31.2 Å². The lowest BCUT2D eigenvalue weighted by molar-refractivity contribution is 0.443. The number of aryl methyl sites for hydroxylation is 1. The summed E-state index contributed by atoms with van der Waals surface area (Å²) in [6.07, 6.45) is 7.06. The van der Waals surface area contributed by atoms with Gasteiger partial charge in [-0.2, -0.15) is 0 Å². The molecule has 0 nitrogen and oxygen atoms in total. The van der Waals surface area contributed by atoms with Gasteiger partial charge in [0, 0.05) is 0 Å². The predicted octanol–water partition coefficient (Wildman–Crippen LogP) is 3.84. The summed E-state index contributed by atoms with van der Waals surface area (Å²) in [5.74, 6) is 0.835. The Kier molecular flexibility index (Phi) is 2.68. The maximum Gasteiger partial charge on any atom is -0.0152 e. The highest BCUT2D eigenvalue weighted by molar-refractivity contribution is 5.24. The molecule has 0 saturated heterocycles. The van der Waals surface area contributed by atoms with Gasteiger partial charge in [0.25, 0.3) is 0 Å². The number of benzene rings is 1. The van der Waals surface area contributed by atoms with E-state index in [1.165, 1.54) is 43.2 Å². The Bertz CT molecular complexity index is 269. The van der Waals surface area contributed by atoms with E-state index in [-0.39, 0.29) is 0 Å². The fourth-order valence-electron chi connectivity index (χ4n) is 2.30. The summed E-state index contributed by atoms with van der Waals surface area (Å²) in [4.78, 5) is 0. The van der Waals surface area contributed by atoms with Crippen LogP contribution in [0, 0.1) is 13.0 Å². The highest BCUT2D eigenvalue weighted by Crippen LogP contribution is 2.32. The minimum atomic E-state index is 0.835. The number of hydrogen-bond acceptors (Lipinski definition) is 0. The number of hydrogen-bond donors (Lipinski definition) is 0. The van der Waals surface area contributed by atoms with E-state index < -0.39 is 0 Å². The van der Waals surface area contributed by atoms with E-state index in [0.717, 1.165) is 5.92 Å². The summed E-state index contributed by atoms with van der Waals surface area (Å²) in [7, 11) is 0. The molecular weight excluding hydrogens is 156 g/mol. The van der Waals surface area contributed by atoms with Gasteiger partial charge in [-0.3, -0.25) is 0 Å². The molecule has 0 heterocycles. The SMILES string of the molecule is Cc1[c]ccc(C2CCCCC2)c1. The summed E-state index contributed by atoms with van der Waals surface area (Å²) in [5, 5.41) is 0. The molecule has 0 bridgehead atoms. The van der Waals surface area contributed by atoms with Crippen LogP contribution in [0.15, 0.2) is 18.2 Å². The van der Waals surface area contributed by atoms with Crippen LogP contribution in [-0.2, 0) is 0 Å². The lowest BCUT2D eigenvalue weighted by Gasteiger charge is -2.22. The molecule has 1 fully saturated rings. The Hall–Kier alpha value is -0.780. The molecule has 0 heteroatoms. The van der Waals surface area contributed by atoms with Gasteiger partial charge >= 0.3 is 0 Å². The average Bonchev–Trinajstić information content (AvgIpc) is 2.19. The van der Waals surface area contributed by atoms with Crippen LogP contribution in [0.2, 0.25) is 0 Å². The van der Waals surface area contributed by atoms with E-state index in [9.17, 15) is 0 Å². The molecule has 0 aromatic heterocycles. The second kappa shape index (κ2) is 3.95. The van der Waals surface area contributed by atoms with Crippen molar-refractivity contribution < 1.29 is 0 Å². The molecule has 2 rings (SSSR count). The van der Waals surface area contributed by atoms with Crippen molar-refractivity contribution in [3.63, 3.8) is 0 Å². The molecule has 69 valence electrons. The van der Waals surface area contributed by atoms with Crippen molar-refractivity contribution >= 4 is 0 Å². The Labute approximate surface area is 81.0 Å². The summed E-state index contributed by atoms with van der Waals surface area (Å²) >= 11 is 0. The smallest absolute Gasteiger partial charge is 0.0152 e. The monoisotopic (exact) mass is 173 g/mol. The largest absolute Gasteiger partial charge is 0.0581 e. The van der Waals surface area contributed by atoms with Gasteiger partial charge in [-0.05, 0) is 42.9 Å². The maximum absolute atomic E-state index is 3.21. The second-order valence-electron chi connectivity index (χ2n) is 4.14. The molecule has 1 aromatic rings. The molecule has 0 unspecified atom stereocenters. The first kappa shape index (κ1) is 8.80. The van der Waals surface area contributed by atoms with Crippen LogP contribution in [0.3, 0.4) is 0 Å². The van der Waals surface area contributed by atoms with Crippen LogP contribution in [-0.4, -0.2) is 0 Å². The molecule has 0 amide bonds. The zero-order valence-electron chi connectivity index (χ0n) is 8.34. The molecule has 0 atom stereocenters. The third-order valence-electron chi connectivity index (χ3n) is 3.05. The first-order valence-corrected chi connectivity index (χ1v) is 5.34. The standard InChI is InChI=1S/C13H17/c1-11-6-5-9-13(10-11)12-7-3-2-4-8-12/h5,9-10,12H,2-4,7-8H2,1H3. The molecule has 13 heavy (non-hydrogen) atoms. The Balaban J connectivity index is 2.14. The summed E-state index contributed by atoms with van der Waals surface area (Å²) in [5.41, 5.74) is 2.82. The lowest BCUT2D eigenvalue weighted by Crippen LogP contribution is -2.04. The summed E-state index contributed by atoms with van der Waals surface area (Å²) < 4.78 is 0. The quantitative estimate of drug-likeness (QED) is 0.605. The fraction of sp³-hybridized carbons (Fsp3) is 0.538. The van der Waals surface area contributed by atoms with Crippen molar-refractivity contribution in [1.82, 2.24) is 0 Å². The van der Waals surface area contributed by atoms with Gasteiger partial charge < -0.3 is 0 Å². The molecule has 1 aliphatic carbocycles. The van der Waals surface area contributed by atoms with Gasteiger partial charge in [0.15, 0.2) is 0 Å². The van der Waals surface area contributed by atoms with E-state index in [1.807, 2.05) is 0 Å². The topological polar surface area (TPSA) is 0 Å². The van der Waals surface area contributed by atoms with E-state index in [1.54, 1.807) is 0 Å². The highest BCUT2D eigenvalue weighted by Gasteiger charge is 2.14. The normalized spacial score (nSPS) is 18.8. The zero-order valence-corrected chi connectivity index (χ0v) is 8.34. The van der Waals surface area contributed by atoms with Crippen LogP contribution in [0.1, 0.15) is 49.1 Å². The first-order chi connectivity index (χ1) is 6.36. The van der Waals surface area contributed by atoms with Crippen LogP contribution in [0.4, 0.5) is 0 Å². The van der Waals surface area contributed by atoms with Gasteiger partial charge in [0.1, 0.15) is 0 Å². The Morgan fingerprint density at radius 3 is 2.69 bits per heavy atom. The Morgan fingerprint density at radius 1 is 1.23 bits per heavy atom. The van der Waals surface area contributed by atoms with Gasteiger partial charge in [0.05, 0.1) is 0 Å². The summed E-state index contributed by atoms with van der Waals surface area (Å²) in [6, 6.07) is 9.82. The molecular formula is C13H17. The molecule has 1 aliphatic rings. The van der Waals surface area contributed by atoms with Crippen molar-refractivity contribution in [3.05, 3.63) is 35.4 Å². The maximum atomic E-state index is 3.21. The second-order valence-corrected chi connectivity index (χ2v) is 4.14. The van der Waals surface area contributed by atoms with Gasteiger partial charge in [-0.15, -0.1) is 0 Å². The van der Waals surface area contributed by atoms with Gasteiger partial charge in [-0.1, -0.05) is 37.5 Å². The van der Waals surface area contributed by atoms with Crippen LogP contribution in [0.5, 0.6) is 0 Å². The lowest BCUT2D eigenvalue weighted by atomic mass is 9.84. The molecule has 1 radical (unpaired) electrons. The molecule has 1 saturated carbocycles. The van der Waals surface area contributed by atoms with E-state index >= 15 is 0 Å². The van der Waals surface area contributed by atoms with Gasteiger partial charge in [-0.25, -0.2) is 0 Å². The van der Waals surface area contributed by atoms with Crippen molar-refractivity contribution in [2.45, 2.75) is 44.9 Å². The summed E-state index contributed by atoms with van der Waals surface area (Å²) in [6.45, 7) is 2.13. The molecule has 0 N–H and O–H groups in total. The third kappa shape index (κ3) is 2.12. The van der Waals surface area contributed by atoms with Crippen LogP contribution in [0.25, 0.3) is 0 Å². The molecule has 1 aromatic carbocycles. The third-order valence-corrected chi connectivity index (χ3v) is 3.05. The molecule has 0 aliphatic heterocycles. The van der Waals surface area contributed by atoms with Crippen molar-refractivity contribution in [2.24, 2.45) is 0 Å². The predicted molar refractivity (Wildman–Crippen MR) is 55.8 cm³/mol. The zero-order chi connectivity index (χ0) is 9.10. The number of rotatable bonds is 1. The van der Waals surface area contributed by atoms with E-state index in [4.69, 9.17) is 0 Å². The van der Waals surface area contributed by atoms with Gasteiger partial charge in [0.2, 0.25) is 0 Å². The first-order valence-electron chi connectivity index (χ1n) is 5.34.